The second kappa shape index (κ2) is 2.21. The van der Waals surface area contributed by atoms with Crippen LogP contribution in [-0.2, 0) is 0 Å². The van der Waals surface area contributed by atoms with Gasteiger partial charge in [0.15, 0.2) is 0 Å². The van der Waals surface area contributed by atoms with Gasteiger partial charge in [0.05, 0.1) is 0 Å². The molecule has 11 heavy (non-hydrogen) atoms. The minimum absolute atomic E-state index is 0.369. The maximum absolute atomic E-state index is 9.58. The third kappa shape index (κ3) is 0.889. The molecule has 0 aliphatic heterocycles. The van der Waals surface area contributed by atoms with Crippen LogP contribution in [0.4, 0.5) is 0 Å². The van der Waals surface area contributed by atoms with E-state index in [0.29, 0.717) is 0 Å². The van der Waals surface area contributed by atoms with Crippen LogP contribution in [0.1, 0.15) is 24.2 Å². The number of rotatable bonds is 0. The molecule has 0 radical (unpaired) electrons. The largest absolute Gasteiger partial charge is 0.384 e. The minimum Gasteiger partial charge on any atom is -0.384 e. The summed E-state index contributed by atoms with van der Waals surface area (Å²) in [6.45, 7) is 1.95. The first kappa shape index (κ1) is 6.62. The molecule has 0 aromatic heterocycles. The van der Waals surface area contributed by atoms with Crippen LogP contribution in [0.5, 0.6) is 0 Å². The van der Waals surface area contributed by atoms with Crippen LogP contribution in [0.3, 0.4) is 0 Å². The molecule has 2 rings (SSSR count). The smallest absolute Gasteiger partial charge is 0.101 e. The van der Waals surface area contributed by atoms with Crippen LogP contribution in [0.15, 0.2) is 29.8 Å². The Morgan fingerprint density at radius 2 is 2.00 bits per heavy atom. The Kier molecular flexibility index (Phi) is 1.33. The van der Waals surface area contributed by atoms with E-state index in [9.17, 15) is 5.11 Å². The Hall–Kier alpha value is -1.08. The quantitative estimate of drug-likeness (QED) is 0.594. The number of aliphatic hydroxyl groups is 1. The minimum atomic E-state index is -0.369. The highest BCUT2D eigenvalue weighted by Gasteiger charge is 2.18. The molecule has 0 unspecified atom stereocenters. The van der Waals surface area contributed by atoms with Gasteiger partial charge in [-0.15, -0.1) is 0 Å². The zero-order valence-electron chi connectivity index (χ0n) is 6.41. The third-order valence-corrected chi connectivity index (χ3v) is 2.11. The lowest BCUT2D eigenvalue weighted by Crippen LogP contribution is -1.93. The number of hydrogen-bond acceptors (Lipinski definition) is 1. The molecule has 0 heterocycles. The predicted molar refractivity (Wildman–Crippen MR) is 45.1 cm³/mol. The van der Waals surface area contributed by atoms with E-state index in [-0.39, 0.29) is 6.10 Å². The van der Waals surface area contributed by atoms with Crippen LogP contribution in [0.25, 0.3) is 6.08 Å². The van der Waals surface area contributed by atoms with E-state index in [1.54, 1.807) is 0 Å². The van der Waals surface area contributed by atoms with Gasteiger partial charge in [-0.2, -0.15) is 0 Å². The number of fused-ring (bicyclic) bond motifs is 1. The molecule has 1 heteroatoms. The fourth-order valence-corrected chi connectivity index (χ4v) is 1.46. The molecule has 0 spiro atoms. The van der Waals surface area contributed by atoms with Crippen molar-refractivity contribution < 1.29 is 5.11 Å². The summed E-state index contributed by atoms with van der Waals surface area (Å²) in [4.78, 5) is 0. The first-order valence-electron chi connectivity index (χ1n) is 3.74. The van der Waals surface area contributed by atoms with Gasteiger partial charge in [-0.1, -0.05) is 30.3 Å². The molecular weight excluding hydrogens is 136 g/mol. The van der Waals surface area contributed by atoms with Gasteiger partial charge in [-0.3, -0.25) is 0 Å². The van der Waals surface area contributed by atoms with Crippen molar-refractivity contribution in [3.8, 4) is 0 Å². The zero-order chi connectivity index (χ0) is 7.84. The molecule has 1 N–H and O–H groups in total. The van der Waals surface area contributed by atoms with E-state index >= 15 is 0 Å². The Bertz CT molecular complexity index is 312. The summed E-state index contributed by atoms with van der Waals surface area (Å²) < 4.78 is 0. The molecular formula is C10H10O. The number of benzene rings is 1. The molecule has 1 aliphatic carbocycles. The van der Waals surface area contributed by atoms with Gasteiger partial charge in [0.1, 0.15) is 6.10 Å². The summed E-state index contributed by atoms with van der Waals surface area (Å²) >= 11 is 0. The van der Waals surface area contributed by atoms with Crippen molar-refractivity contribution in [1.82, 2.24) is 0 Å². The normalized spacial score (nSPS) is 21.3. The monoisotopic (exact) mass is 146 g/mol. The lowest BCUT2D eigenvalue weighted by Gasteiger charge is -2.04. The zero-order valence-corrected chi connectivity index (χ0v) is 6.41. The molecule has 0 bridgehead atoms. The molecule has 0 amide bonds. The van der Waals surface area contributed by atoms with Crippen LogP contribution in [-0.4, -0.2) is 5.11 Å². The van der Waals surface area contributed by atoms with Crippen molar-refractivity contribution in [2.75, 3.05) is 0 Å². The molecule has 56 valence electrons. The van der Waals surface area contributed by atoms with Gasteiger partial charge in [0.2, 0.25) is 0 Å². The number of aliphatic hydroxyl groups excluding tert-OH is 1. The summed E-state index contributed by atoms with van der Waals surface area (Å²) in [5.74, 6) is 0. The van der Waals surface area contributed by atoms with Gasteiger partial charge in [-0.05, 0) is 23.6 Å². The molecule has 0 saturated carbocycles. The van der Waals surface area contributed by atoms with Crippen LogP contribution in [0, 0.1) is 0 Å². The third-order valence-electron chi connectivity index (χ3n) is 2.11. The summed E-state index contributed by atoms with van der Waals surface area (Å²) in [7, 11) is 0. The van der Waals surface area contributed by atoms with E-state index in [0.717, 1.165) is 16.7 Å². The summed E-state index contributed by atoms with van der Waals surface area (Å²) in [5.41, 5.74) is 3.22. The molecule has 1 aromatic rings. The van der Waals surface area contributed by atoms with E-state index in [1.807, 2.05) is 37.3 Å². The maximum Gasteiger partial charge on any atom is 0.101 e. The Morgan fingerprint density at radius 3 is 2.73 bits per heavy atom. The highest BCUT2D eigenvalue weighted by molar-refractivity contribution is 5.64. The van der Waals surface area contributed by atoms with Gasteiger partial charge in [-0.25, -0.2) is 0 Å². The SMILES string of the molecule is CC1=Cc2ccccc2[C@H]1O. The lowest BCUT2D eigenvalue weighted by atomic mass is 10.1. The van der Waals surface area contributed by atoms with E-state index in [1.165, 1.54) is 0 Å². The van der Waals surface area contributed by atoms with E-state index in [4.69, 9.17) is 0 Å². The van der Waals surface area contributed by atoms with Gasteiger partial charge in [0, 0.05) is 0 Å². The molecule has 1 nitrogen and oxygen atoms in total. The Morgan fingerprint density at radius 1 is 1.27 bits per heavy atom. The highest BCUT2D eigenvalue weighted by atomic mass is 16.3. The standard InChI is InChI=1S/C10H10O/c1-7-6-8-4-2-3-5-9(8)10(7)11/h2-6,10-11H,1H3/t10-/m0/s1. The van der Waals surface area contributed by atoms with Crippen LogP contribution < -0.4 is 0 Å². The topological polar surface area (TPSA) is 20.2 Å². The van der Waals surface area contributed by atoms with Crippen molar-refractivity contribution >= 4 is 6.08 Å². The Balaban J connectivity index is 2.58. The molecule has 0 fully saturated rings. The average Bonchev–Trinajstić information content (AvgIpc) is 2.30. The van der Waals surface area contributed by atoms with Crippen molar-refractivity contribution in [3.05, 3.63) is 41.0 Å². The van der Waals surface area contributed by atoms with E-state index < -0.39 is 0 Å². The molecule has 1 aliphatic rings. The van der Waals surface area contributed by atoms with Crippen LogP contribution in [0.2, 0.25) is 0 Å². The molecule has 0 saturated heterocycles. The van der Waals surface area contributed by atoms with Crippen LogP contribution >= 0.6 is 0 Å². The average molecular weight is 146 g/mol. The predicted octanol–water partition coefficient (Wildman–Crippen LogP) is 2.14. The fraction of sp³-hybridized carbons (Fsp3) is 0.200. The molecule has 1 atom stereocenters. The summed E-state index contributed by atoms with van der Waals surface area (Å²) in [5, 5.41) is 9.58. The Labute approximate surface area is 66.0 Å². The van der Waals surface area contributed by atoms with Crippen molar-refractivity contribution in [2.45, 2.75) is 13.0 Å². The second-order valence-corrected chi connectivity index (χ2v) is 2.92. The summed E-state index contributed by atoms with van der Waals surface area (Å²) in [6, 6.07) is 7.93. The van der Waals surface area contributed by atoms with Crippen molar-refractivity contribution in [3.63, 3.8) is 0 Å². The van der Waals surface area contributed by atoms with Gasteiger partial charge < -0.3 is 5.11 Å². The second-order valence-electron chi connectivity index (χ2n) is 2.92. The van der Waals surface area contributed by atoms with Crippen molar-refractivity contribution in [1.29, 1.82) is 0 Å². The first-order valence-corrected chi connectivity index (χ1v) is 3.74. The highest BCUT2D eigenvalue weighted by Crippen LogP contribution is 2.32. The maximum atomic E-state index is 9.58. The first-order chi connectivity index (χ1) is 5.29. The molecule has 1 aromatic carbocycles. The van der Waals surface area contributed by atoms with Crippen molar-refractivity contribution in [2.24, 2.45) is 0 Å². The number of hydrogen-bond donors (Lipinski definition) is 1. The fourth-order valence-electron chi connectivity index (χ4n) is 1.46. The lowest BCUT2D eigenvalue weighted by molar-refractivity contribution is 0.220. The van der Waals surface area contributed by atoms with Gasteiger partial charge >= 0.3 is 0 Å². The van der Waals surface area contributed by atoms with E-state index in [2.05, 4.69) is 0 Å². The summed E-state index contributed by atoms with van der Waals surface area (Å²) in [6.07, 6.45) is 1.66. The van der Waals surface area contributed by atoms with Gasteiger partial charge in [0.25, 0.3) is 0 Å².